The van der Waals surface area contributed by atoms with E-state index in [1.54, 1.807) is 11.3 Å². The van der Waals surface area contributed by atoms with Crippen molar-refractivity contribution in [1.29, 1.82) is 0 Å². The molecule has 1 aromatic heterocycles. The molecule has 1 aliphatic rings. The lowest BCUT2D eigenvalue weighted by Gasteiger charge is -2.32. The van der Waals surface area contributed by atoms with E-state index < -0.39 is 0 Å². The second kappa shape index (κ2) is 6.83. The van der Waals surface area contributed by atoms with Crippen LogP contribution >= 0.6 is 11.3 Å². The maximum Gasteiger partial charge on any atom is 0.0772 e. The van der Waals surface area contributed by atoms with Crippen LogP contribution in [0.3, 0.4) is 0 Å². The summed E-state index contributed by atoms with van der Waals surface area (Å²) >= 11 is 1.79. The average Bonchev–Trinajstić information content (AvgIpc) is 3.09. The van der Waals surface area contributed by atoms with Gasteiger partial charge in [0.05, 0.1) is 12.7 Å². The zero-order valence-corrected chi connectivity index (χ0v) is 13.9. The molecule has 1 saturated heterocycles. The van der Waals surface area contributed by atoms with E-state index in [1.165, 1.54) is 21.2 Å². The summed E-state index contributed by atoms with van der Waals surface area (Å²) < 4.78 is 7.65. The number of piperidine rings is 1. The SMILES string of the molecule is c1ccc(C2CCNCC2OCc2ccc3sccc3c2)cc1. The highest BCUT2D eigenvalue weighted by molar-refractivity contribution is 7.17. The molecule has 0 saturated carbocycles. The highest BCUT2D eigenvalue weighted by Gasteiger charge is 2.26. The lowest BCUT2D eigenvalue weighted by molar-refractivity contribution is 0.0107. The first kappa shape index (κ1) is 14.9. The number of fused-ring (bicyclic) bond motifs is 1. The molecule has 1 N–H and O–H groups in total. The largest absolute Gasteiger partial charge is 0.372 e. The van der Waals surface area contributed by atoms with Gasteiger partial charge in [-0.3, -0.25) is 0 Å². The van der Waals surface area contributed by atoms with Crippen LogP contribution in [0.4, 0.5) is 0 Å². The normalized spacial score (nSPS) is 21.6. The molecular formula is C20H21NOS. The smallest absolute Gasteiger partial charge is 0.0772 e. The maximum absolute atomic E-state index is 6.30. The lowest BCUT2D eigenvalue weighted by atomic mass is 9.88. The quantitative estimate of drug-likeness (QED) is 0.760. The first-order valence-corrected chi connectivity index (χ1v) is 9.11. The van der Waals surface area contributed by atoms with Crippen LogP contribution in [0.5, 0.6) is 0 Å². The Morgan fingerprint density at radius 3 is 2.91 bits per heavy atom. The van der Waals surface area contributed by atoms with Gasteiger partial charge in [0.25, 0.3) is 0 Å². The summed E-state index contributed by atoms with van der Waals surface area (Å²) in [5, 5.41) is 6.93. The van der Waals surface area contributed by atoms with E-state index in [1.807, 2.05) is 0 Å². The molecule has 4 rings (SSSR count). The number of rotatable bonds is 4. The number of thiophene rings is 1. The van der Waals surface area contributed by atoms with Crippen molar-refractivity contribution in [1.82, 2.24) is 5.32 Å². The molecule has 0 aliphatic carbocycles. The highest BCUT2D eigenvalue weighted by Crippen LogP contribution is 2.29. The summed E-state index contributed by atoms with van der Waals surface area (Å²) in [6, 6.07) is 19.6. The molecule has 1 aliphatic heterocycles. The van der Waals surface area contributed by atoms with Gasteiger partial charge in [-0.05, 0) is 53.1 Å². The van der Waals surface area contributed by atoms with Gasteiger partial charge in [-0.2, -0.15) is 0 Å². The van der Waals surface area contributed by atoms with Crippen LogP contribution in [0.2, 0.25) is 0 Å². The average molecular weight is 323 g/mol. The predicted octanol–water partition coefficient (Wildman–Crippen LogP) is 4.56. The van der Waals surface area contributed by atoms with E-state index in [2.05, 4.69) is 65.3 Å². The summed E-state index contributed by atoms with van der Waals surface area (Å²) in [6.07, 6.45) is 1.38. The van der Waals surface area contributed by atoms with Crippen LogP contribution in [-0.4, -0.2) is 19.2 Å². The maximum atomic E-state index is 6.30. The van der Waals surface area contributed by atoms with Crippen molar-refractivity contribution in [2.75, 3.05) is 13.1 Å². The molecule has 3 aromatic rings. The lowest BCUT2D eigenvalue weighted by Crippen LogP contribution is -2.40. The Hall–Kier alpha value is -1.68. The second-order valence-corrected chi connectivity index (χ2v) is 7.10. The molecule has 1 fully saturated rings. The van der Waals surface area contributed by atoms with E-state index in [9.17, 15) is 0 Å². The monoisotopic (exact) mass is 323 g/mol. The van der Waals surface area contributed by atoms with Crippen molar-refractivity contribution < 1.29 is 4.74 Å². The Kier molecular flexibility index (Phi) is 4.42. The first-order valence-electron chi connectivity index (χ1n) is 8.23. The minimum atomic E-state index is 0.240. The molecule has 2 aromatic carbocycles. The van der Waals surface area contributed by atoms with Crippen LogP contribution in [0.1, 0.15) is 23.5 Å². The second-order valence-electron chi connectivity index (χ2n) is 6.15. The molecule has 23 heavy (non-hydrogen) atoms. The number of nitrogens with one attached hydrogen (secondary N) is 1. The Balaban J connectivity index is 1.47. The van der Waals surface area contributed by atoms with Crippen LogP contribution in [-0.2, 0) is 11.3 Å². The molecule has 2 unspecified atom stereocenters. The zero-order chi connectivity index (χ0) is 15.5. The van der Waals surface area contributed by atoms with E-state index in [0.29, 0.717) is 12.5 Å². The van der Waals surface area contributed by atoms with Gasteiger partial charge in [0.2, 0.25) is 0 Å². The molecule has 2 heterocycles. The number of hydrogen-bond acceptors (Lipinski definition) is 3. The van der Waals surface area contributed by atoms with Gasteiger partial charge in [0.15, 0.2) is 0 Å². The summed E-state index contributed by atoms with van der Waals surface area (Å²) in [5.41, 5.74) is 2.65. The molecule has 2 atom stereocenters. The first-order chi connectivity index (χ1) is 11.4. The van der Waals surface area contributed by atoms with Crippen molar-refractivity contribution in [2.45, 2.75) is 25.0 Å². The van der Waals surface area contributed by atoms with Crippen molar-refractivity contribution in [3.05, 3.63) is 71.1 Å². The number of hydrogen-bond donors (Lipinski definition) is 1. The van der Waals surface area contributed by atoms with Crippen LogP contribution < -0.4 is 5.32 Å². The Morgan fingerprint density at radius 1 is 1.09 bits per heavy atom. The third kappa shape index (κ3) is 3.32. The van der Waals surface area contributed by atoms with E-state index in [-0.39, 0.29) is 6.10 Å². The molecular weight excluding hydrogens is 302 g/mol. The molecule has 0 bridgehead atoms. The van der Waals surface area contributed by atoms with Crippen molar-refractivity contribution >= 4 is 21.4 Å². The standard InChI is InChI=1S/C20H21NOS/c1-2-4-16(5-3-1)18-8-10-21-13-19(18)22-14-15-6-7-20-17(12-15)9-11-23-20/h1-7,9,11-12,18-19,21H,8,10,13-14H2. The predicted molar refractivity (Wildman–Crippen MR) is 97.1 cm³/mol. The van der Waals surface area contributed by atoms with E-state index >= 15 is 0 Å². The van der Waals surface area contributed by atoms with Gasteiger partial charge in [-0.1, -0.05) is 36.4 Å². The summed E-state index contributed by atoms with van der Waals surface area (Å²) in [4.78, 5) is 0. The molecule has 0 spiro atoms. The molecule has 0 radical (unpaired) electrons. The fourth-order valence-corrected chi connectivity index (χ4v) is 4.17. The third-order valence-electron chi connectivity index (χ3n) is 4.64. The fourth-order valence-electron chi connectivity index (χ4n) is 3.40. The summed E-state index contributed by atoms with van der Waals surface area (Å²) in [6.45, 7) is 2.68. The van der Waals surface area contributed by atoms with Crippen molar-refractivity contribution in [3.8, 4) is 0 Å². The molecule has 118 valence electrons. The Bertz CT molecular complexity index is 767. The van der Waals surface area contributed by atoms with Gasteiger partial charge in [0.1, 0.15) is 0 Å². The minimum absolute atomic E-state index is 0.240. The van der Waals surface area contributed by atoms with E-state index in [4.69, 9.17) is 4.74 Å². The van der Waals surface area contributed by atoms with Crippen LogP contribution in [0, 0.1) is 0 Å². The minimum Gasteiger partial charge on any atom is -0.372 e. The molecule has 2 nitrogen and oxygen atoms in total. The highest BCUT2D eigenvalue weighted by atomic mass is 32.1. The van der Waals surface area contributed by atoms with E-state index in [0.717, 1.165) is 19.5 Å². The zero-order valence-electron chi connectivity index (χ0n) is 13.1. The van der Waals surface area contributed by atoms with Gasteiger partial charge < -0.3 is 10.1 Å². The molecule has 0 amide bonds. The van der Waals surface area contributed by atoms with Crippen molar-refractivity contribution in [2.24, 2.45) is 0 Å². The topological polar surface area (TPSA) is 21.3 Å². The Morgan fingerprint density at radius 2 is 2.00 bits per heavy atom. The number of ether oxygens (including phenoxy) is 1. The summed E-state index contributed by atoms with van der Waals surface area (Å²) in [7, 11) is 0. The van der Waals surface area contributed by atoms with Gasteiger partial charge in [0, 0.05) is 17.2 Å². The van der Waals surface area contributed by atoms with Gasteiger partial charge in [-0.25, -0.2) is 0 Å². The summed E-state index contributed by atoms with van der Waals surface area (Å²) in [5.74, 6) is 0.488. The van der Waals surface area contributed by atoms with Gasteiger partial charge in [-0.15, -0.1) is 11.3 Å². The van der Waals surface area contributed by atoms with Crippen LogP contribution in [0.15, 0.2) is 60.0 Å². The fraction of sp³-hybridized carbons (Fsp3) is 0.300. The third-order valence-corrected chi connectivity index (χ3v) is 5.53. The van der Waals surface area contributed by atoms with Crippen LogP contribution in [0.25, 0.3) is 10.1 Å². The van der Waals surface area contributed by atoms with Crippen molar-refractivity contribution in [3.63, 3.8) is 0 Å². The Labute approximate surface area is 141 Å². The number of benzene rings is 2. The van der Waals surface area contributed by atoms with Gasteiger partial charge >= 0.3 is 0 Å². The molecule has 3 heteroatoms.